The van der Waals surface area contributed by atoms with Gasteiger partial charge in [-0.15, -0.1) is 0 Å². The molecule has 0 atom stereocenters. The SMILES string of the molecule is CC(=O)[O-].CC(=O)[O-].CC1(C)c2cccc(P(c3ccccc3)c3ccccc3)c2Oc2c(P(c3ccccc3)c3ccccc3)cccc21.[Pd+2]. The molecule has 0 amide bonds. The summed E-state index contributed by atoms with van der Waals surface area (Å²) < 4.78 is 7.26. The van der Waals surface area contributed by atoms with E-state index < -0.39 is 27.8 Å². The van der Waals surface area contributed by atoms with E-state index in [1.165, 1.54) is 43.0 Å². The first-order chi connectivity index (χ1) is 24.1. The molecule has 8 heteroatoms. The molecule has 0 bridgehead atoms. The Balaban J connectivity index is 0.000000590. The van der Waals surface area contributed by atoms with Gasteiger partial charge < -0.3 is 24.5 Å². The van der Waals surface area contributed by atoms with Gasteiger partial charge in [-0.25, -0.2) is 0 Å². The Morgan fingerprint density at radius 2 is 0.725 bits per heavy atom. The molecule has 6 aromatic rings. The van der Waals surface area contributed by atoms with E-state index >= 15 is 0 Å². The molecule has 5 nitrogen and oxygen atoms in total. The Morgan fingerprint density at radius 1 is 0.471 bits per heavy atom. The fourth-order valence-corrected chi connectivity index (χ4v) is 10.8. The zero-order valence-corrected chi connectivity index (χ0v) is 32.1. The molecule has 0 spiro atoms. The van der Waals surface area contributed by atoms with Crippen molar-refractivity contribution in [1.82, 2.24) is 0 Å². The van der Waals surface area contributed by atoms with Crippen LogP contribution in [0.1, 0.15) is 38.8 Å². The van der Waals surface area contributed by atoms with Crippen LogP contribution >= 0.6 is 15.8 Å². The van der Waals surface area contributed by atoms with Crippen molar-refractivity contribution in [3.8, 4) is 11.5 Å². The van der Waals surface area contributed by atoms with Gasteiger partial charge >= 0.3 is 20.4 Å². The van der Waals surface area contributed by atoms with Gasteiger partial charge in [0.05, 0.1) is 0 Å². The number of benzene rings is 6. The van der Waals surface area contributed by atoms with E-state index in [0.29, 0.717) is 0 Å². The molecule has 0 radical (unpaired) electrons. The summed E-state index contributed by atoms with van der Waals surface area (Å²) in [6, 6.07) is 57.2. The summed E-state index contributed by atoms with van der Waals surface area (Å²) in [5, 5.41) is 25.6. The standard InChI is InChI=1S/C39H32OP2.2C2H4O2.Pd/c1-39(2)33-25-15-27-35(41(29-17-7-3-8-18-29)30-19-9-4-10-20-30)37(33)40-38-34(39)26-16-28-36(38)42(31-21-11-5-12-22-31)32-23-13-6-14-24-32;2*1-2(3)4;/h3-28H,1-2H3;2*1H3,(H,3,4);/q;;;+2/p-2. The van der Waals surface area contributed by atoms with E-state index in [4.69, 9.17) is 24.5 Å². The molecule has 0 unspecified atom stereocenters. The number of fused-ring (bicyclic) bond motifs is 2. The fourth-order valence-electron chi connectivity index (χ4n) is 6.01. The minimum absolute atomic E-state index is 0. The zero-order chi connectivity index (χ0) is 35.7. The summed E-state index contributed by atoms with van der Waals surface area (Å²) in [6.45, 7) is 6.64. The number of carbonyl (C=O) groups excluding carboxylic acids is 2. The molecule has 1 aliphatic rings. The number of para-hydroxylation sites is 2. The van der Waals surface area contributed by atoms with Crippen molar-refractivity contribution in [3.63, 3.8) is 0 Å². The molecule has 6 aromatic carbocycles. The summed E-state index contributed by atoms with van der Waals surface area (Å²) in [5.74, 6) is -0.144. The van der Waals surface area contributed by atoms with Gasteiger partial charge in [0.2, 0.25) is 0 Å². The van der Waals surface area contributed by atoms with Crippen LogP contribution < -0.4 is 46.8 Å². The van der Waals surface area contributed by atoms with Gasteiger partial charge in [0, 0.05) is 39.1 Å². The molecule has 0 aromatic heterocycles. The number of ether oxygens (including phenoxy) is 1. The average molecular weight is 803 g/mol. The van der Waals surface area contributed by atoms with Gasteiger partial charge in [-0.2, -0.15) is 0 Å². The molecule has 0 saturated carbocycles. The predicted molar refractivity (Wildman–Crippen MR) is 204 cm³/mol. The molecular weight excluding hydrogens is 765 g/mol. The molecule has 1 aliphatic heterocycles. The third-order valence-corrected chi connectivity index (χ3v) is 13.0. The van der Waals surface area contributed by atoms with Crippen LogP contribution in [0.25, 0.3) is 0 Å². The molecule has 0 saturated heterocycles. The summed E-state index contributed by atoms with van der Waals surface area (Å²) in [6.07, 6.45) is 0. The number of hydrogen-bond acceptors (Lipinski definition) is 5. The van der Waals surface area contributed by atoms with E-state index in [2.05, 4.69) is 172 Å². The smallest absolute Gasteiger partial charge is 0.550 e. The second kappa shape index (κ2) is 18.2. The van der Waals surface area contributed by atoms with Crippen LogP contribution in [0.3, 0.4) is 0 Å². The Labute approximate surface area is 316 Å². The maximum atomic E-state index is 8.89. The van der Waals surface area contributed by atoms with Gasteiger partial charge in [-0.3, -0.25) is 0 Å². The first kappa shape index (κ1) is 39.4. The van der Waals surface area contributed by atoms with Gasteiger partial charge in [0.25, 0.3) is 0 Å². The van der Waals surface area contributed by atoms with Crippen LogP contribution in [0.2, 0.25) is 0 Å². The van der Waals surface area contributed by atoms with Crippen molar-refractivity contribution in [2.45, 2.75) is 33.1 Å². The van der Waals surface area contributed by atoms with Crippen LogP contribution in [0, 0.1) is 0 Å². The largest absolute Gasteiger partial charge is 2.00 e. The van der Waals surface area contributed by atoms with Crippen LogP contribution in [-0.2, 0) is 35.4 Å². The first-order valence-electron chi connectivity index (χ1n) is 16.2. The monoisotopic (exact) mass is 802 g/mol. The molecule has 0 fully saturated rings. The van der Waals surface area contributed by atoms with Crippen molar-refractivity contribution in [1.29, 1.82) is 0 Å². The van der Waals surface area contributed by atoms with Gasteiger partial charge in [0.15, 0.2) is 0 Å². The van der Waals surface area contributed by atoms with Gasteiger partial charge in [-0.1, -0.05) is 172 Å². The van der Waals surface area contributed by atoms with Crippen molar-refractivity contribution >= 4 is 59.6 Å². The minimum atomic E-state index is -1.08. The maximum absolute atomic E-state index is 8.89. The zero-order valence-electron chi connectivity index (χ0n) is 28.8. The number of carboxylic acid groups (broad SMARTS) is 2. The number of carbonyl (C=O) groups is 2. The van der Waals surface area contributed by atoms with Crippen molar-refractivity contribution in [2.75, 3.05) is 0 Å². The molecule has 0 aliphatic carbocycles. The molecule has 0 N–H and O–H groups in total. The second-order valence-electron chi connectivity index (χ2n) is 12.0. The normalized spacial score (nSPS) is 12.0. The van der Waals surface area contributed by atoms with E-state index in [9.17, 15) is 0 Å². The Kier molecular flexibility index (Phi) is 14.0. The van der Waals surface area contributed by atoms with Gasteiger partial charge in [0.1, 0.15) is 11.5 Å². The quantitative estimate of drug-likeness (QED) is 0.172. The fraction of sp³-hybridized carbons (Fsp3) is 0.116. The third-order valence-electron chi connectivity index (χ3n) is 8.08. The van der Waals surface area contributed by atoms with E-state index in [1.54, 1.807) is 0 Å². The predicted octanol–water partition coefficient (Wildman–Crippen LogP) is 5.14. The summed E-state index contributed by atoms with van der Waals surface area (Å²) in [7, 11) is -1.65. The van der Waals surface area contributed by atoms with Crippen LogP contribution in [0.4, 0.5) is 0 Å². The van der Waals surface area contributed by atoms with Gasteiger partial charge in [-0.05, 0) is 50.9 Å². The van der Waals surface area contributed by atoms with Crippen molar-refractivity contribution in [2.24, 2.45) is 0 Å². The van der Waals surface area contributed by atoms with Crippen LogP contribution in [0.5, 0.6) is 11.5 Å². The average Bonchev–Trinajstić information content (AvgIpc) is 3.11. The Bertz CT molecular complexity index is 1810. The second-order valence-corrected chi connectivity index (χ2v) is 16.4. The molecule has 260 valence electrons. The summed E-state index contributed by atoms with van der Waals surface area (Å²) in [5.41, 5.74) is 2.26. The maximum Gasteiger partial charge on any atom is 2.00 e. The van der Waals surface area contributed by atoms with E-state index in [-0.39, 0.29) is 25.8 Å². The van der Waals surface area contributed by atoms with E-state index in [1.807, 2.05) is 0 Å². The molecule has 1 heterocycles. The summed E-state index contributed by atoms with van der Waals surface area (Å²) >= 11 is 0. The molecular formula is C43H38O5P2Pd. The molecule has 51 heavy (non-hydrogen) atoms. The summed E-state index contributed by atoms with van der Waals surface area (Å²) in [4.78, 5) is 17.8. The number of hydrogen-bond donors (Lipinski definition) is 0. The van der Waals surface area contributed by atoms with Crippen LogP contribution in [0.15, 0.2) is 158 Å². The van der Waals surface area contributed by atoms with Crippen molar-refractivity contribution < 1.29 is 45.0 Å². The number of rotatable bonds is 6. The molecule has 7 rings (SSSR count). The van der Waals surface area contributed by atoms with E-state index in [0.717, 1.165) is 25.3 Å². The Morgan fingerprint density at radius 3 is 0.980 bits per heavy atom. The topological polar surface area (TPSA) is 89.5 Å². The first-order valence-corrected chi connectivity index (χ1v) is 18.9. The number of carboxylic acids is 2. The number of aliphatic carboxylic acids is 2. The van der Waals surface area contributed by atoms with Crippen molar-refractivity contribution in [3.05, 3.63) is 169 Å². The minimum Gasteiger partial charge on any atom is -0.550 e. The Hall–Kier alpha value is -4.42. The van der Waals surface area contributed by atoms with Crippen LogP contribution in [-0.4, -0.2) is 11.9 Å². The third kappa shape index (κ3) is 9.48.